The Bertz CT molecular complexity index is 411. The van der Waals surface area contributed by atoms with E-state index >= 15 is 0 Å². The van der Waals surface area contributed by atoms with E-state index in [1.54, 1.807) is 24.3 Å². The lowest BCUT2D eigenvalue weighted by Crippen LogP contribution is -2.25. The molecule has 4 heteroatoms. The number of ketones is 1. The van der Waals surface area contributed by atoms with Gasteiger partial charge in [0.05, 0.1) is 0 Å². The monoisotopic (exact) mass is 206 g/mol. The number of hydrogen-bond acceptors (Lipinski definition) is 4. The first-order valence-electron chi connectivity index (χ1n) is 4.59. The van der Waals surface area contributed by atoms with Crippen LogP contribution >= 0.6 is 0 Å². The first-order valence-corrected chi connectivity index (χ1v) is 4.59. The van der Waals surface area contributed by atoms with Crippen LogP contribution in [0.1, 0.15) is 29.1 Å². The standard InChI is InChI=1S/C11H10O4/c1-7(12)15-11-9-5-3-2-4-8(9)10(13)6-14-11/h2-5,11H,6H2,1H3/t11-/m0/s1. The molecule has 1 aromatic rings. The highest BCUT2D eigenvalue weighted by atomic mass is 16.7. The minimum absolute atomic E-state index is 0.0467. The van der Waals surface area contributed by atoms with Crippen molar-refractivity contribution in [2.45, 2.75) is 13.2 Å². The molecule has 0 saturated carbocycles. The van der Waals surface area contributed by atoms with Crippen molar-refractivity contribution in [2.75, 3.05) is 6.61 Å². The quantitative estimate of drug-likeness (QED) is 0.653. The largest absolute Gasteiger partial charge is 0.431 e. The molecular weight excluding hydrogens is 196 g/mol. The molecule has 1 heterocycles. The molecule has 0 aromatic heterocycles. The summed E-state index contributed by atoms with van der Waals surface area (Å²) >= 11 is 0. The Morgan fingerprint density at radius 1 is 1.47 bits per heavy atom. The summed E-state index contributed by atoms with van der Waals surface area (Å²) in [5, 5.41) is 0. The SMILES string of the molecule is CC(=O)O[C@@H]1OCC(=O)c2ccccc21. The minimum atomic E-state index is -0.753. The van der Waals surface area contributed by atoms with Crippen LogP contribution in [0.25, 0.3) is 0 Å². The number of esters is 1. The second-order valence-corrected chi connectivity index (χ2v) is 3.26. The summed E-state index contributed by atoms with van der Waals surface area (Å²) in [4.78, 5) is 22.3. The summed E-state index contributed by atoms with van der Waals surface area (Å²) in [7, 11) is 0. The zero-order valence-electron chi connectivity index (χ0n) is 8.23. The van der Waals surface area contributed by atoms with Crippen LogP contribution in [0, 0.1) is 0 Å². The third kappa shape index (κ3) is 1.89. The fourth-order valence-corrected chi connectivity index (χ4v) is 1.52. The summed E-state index contributed by atoms with van der Waals surface area (Å²) in [6.45, 7) is 1.26. The highest BCUT2D eigenvalue weighted by Crippen LogP contribution is 2.27. The van der Waals surface area contributed by atoms with Gasteiger partial charge in [-0.25, -0.2) is 0 Å². The molecule has 4 nitrogen and oxygen atoms in total. The number of rotatable bonds is 1. The minimum Gasteiger partial charge on any atom is -0.431 e. The molecule has 0 amide bonds. The Kier molecular flexibility index (Phi) is 2.51. The van der Waals surface area contributed by atoms with Gasteiger partial charge in [-0.2, -0.15) is 0 Å². The molecule has 0 fully saturated rings. The zero-order chi connectivity index (χ0) is 10.8. The molecule has 0 spiro atoms. The van der Waals surface area contributed by atoms with Gasteiger partial charge in [-0.1, -0.05) is 24.3 Å². The molecule has 2 rings (SSSR count). The van der Waals surface area contributed by atoms with Crippen LogP contribution in [0.5, 0.6) is 0 Å². The fourth-order valence-electron chi connectivity index (χ4n) is 1.52. The van der Waals surface area contributed by atoms with Gasteiger partial charge in [0.1, 0.15) is 6.61 Å². The number of Topliss-reactive ketones (excluding diaryl/α,β-unsaturated/α-hetero) is 1. The van der Waals surface area contributed by atoms with Crippen LogP contribution in [-0.4, -0.2) is 18.4 Å². The summed E-state index contributed by atoms with van der Waals surface area (Å²) in [6, 6.07) is 6.97. The smallest absolute Gasteiger partial charge is 0.305 e. The molecular formula is C11H10O4. The lowest BCUT2D eigenvalue weighted by Gasteiger charge is -2.24. The topological polar surface area (TPSA) is 52.6 Å². The van der Waals surface area contributed by atoms with Crippen LogP contribution in [0.4, 0.5) is 0 Å². The van der Waals surface area contributed by atoms with Crippen LogP contribution in [0.2, 0.25) is 0 Å². The lowest BCUT2D eigenvalue weighted by atomic mass is 10.0. The normalized spacial score (nSPS) is 19.5. The van der Waals surface area contributed by atoms with E-state index in [0.717, 1.165) is 0 Å². The molecule has 0 bridgehead atoms. The van der Waals surface area contributed by atoms with E-state index in [2.05, 4.69) is 0 Å². The third-order valence-corrected chi connectivity index (χ3v) is 2.15. The summed E-state index contributed by atoms with van der Waals surface area (Å²) in [5.74, 6) is -0.516. The summed E-state index contributed by atoms with van der Waals surface area (Å²) in [5.41, 5.74) is 1.18. The predicted molar refractivity (Wildman–Crippen MR) is 51.2 cm³/mol. The van der Waals surface area contributed by atoms with Gasteiger partial charge >= 0.3 is 5.97 Å². The molecule has 0 aliphatic carbocycles. The van der Waals surface area contributed by atoms with Gasteiger partial charge in [0.25, 0.3) is 0 Å². The van der Waals surface area contributed by atoms with E-state index in [1.165, 1.54) is 6.92 Å². The predicted octanol–water partition coefficient (Wildman–Crippen LogP) is 1.46. The van der Waals surface area contributed by atoms with Crippen molar-refractivity contribution in [3.63, 3.8) is 0 Å². The van der Waals surface area contributed by atoms with Crippen LogP contribution in [0.3, 0.4) is 0 Å². The lowest BCUT2D eigenvalue weighted by molar-refractivity contribution is -0.177. The maximum Gasteiger partial charge on any atom is 0.305 e. The summed E-state index contributed by atoms with van der Waals surface area (Å²) < 4.78 is 10.1. The van der Waals surface area contributed by atoms with Gasteiger partial charge in [0.2, 0.25) is 6.29 Å². The Morgan fingerprint density at radius 3 is 2.93 bits per heavy atom. The number of carbonyl (C=O) groups excluding carboxylic acids is 2. The van der Waals surface area contributed by atoms with Crippen LogP contribution < -0.4 is 0 Å². The van der Waals surface area contributed by atoms with Gasteiger partial charge in [0, 0.05) is 18.1 Å². The second kappa shape index (κ2) is 3.82. The molecule has 1 aliphatic rings. The molecule has 1 aromatic carbocycles. The second-order valence-electron chi connectivity index (χ2n) is 3.26. The van der Waals surface area contributed by atoms with Crippen LogP contribution in [-0.2, 0) is 14.3 Å². The van der Waals surface area contributed by atoms with E-state index in [0.29, 0.717) is 11.1 Å². The zero-order valence-corrected chi connectivity index (χ0v) is 8.23. The van der Waals surface area contributed by atoms with E-state index < -0.39 is 12.3 Å². The van der Waals surface area contributed by atoms with E-state index in [4.69, 9.17) is 9.47 Å². The highest BCUT2D eigenvalue weighted by molar-refractivity contribution is 5.99. The van der Waals surface area contributed by atoms with Crippen molar-refractivity contribution in [1.29, 1.82) is 0 Å². The van der Waals surface area contributed by atoms with Crippen molar-refractivity contribution in [2.24, 2.45) is 0 Å². The number of hydrogen-bond donors (Lipinski definition) is 0. The van der Waals surface area contributed by atoms with E-state index in [-0.39, 0.29) is 12.4 Å². The number of carbonyl (C=O) groups is 2. The Labute approximate surface area is 86.8 Å². The molecule has 0 N–H and O–H groups in total. The average Bonchev–Trinajstić information content (AvgIpc) is 2.22. The van der Waals surface area contributed by atoms with E-state index in [1.807, 2.05) is 0 Å². The Morgan fingerprint density at radius 2 is 2.20 bits per heavy atom. The van der Waals surface area contributed by atoms with Gasteiger partial charge < -0.3 is 9.47 Å². The Balaban J connectivity index is 2.36. The number of ether oxygens (including phenoxy) is 2. The maximum atomic E-state index is 11.5. The first kappa shape index (κ1) is 9.86. The van der Waals surface area contributed by atoms with Gasteiger partial charge in [-0.3, -0.25) is 9.59 Å². The average molecular weight is 206 g/mol. The number of fused-ring (bicyclic) bond motifs is 1. The highest BCUT2D eigenvalue weighted by Gasteiger charge is 2.27. The molecule has 15 heavy (non-hydrogen) atoms. The van der Waals surface area contributed by atoms with Crippen molar-refractivity contribution < 1.29 is 19.1 Å². The van der Waals surface area contributed by atoms with Crippen molar-refractivity contribution in [1.82, 2.24) is 0 Å². The molecule has 0 unspecified atom stereocenters. The van der Waals surface area contributed by atoms with Crippen molar-refractivity contribution in [3.8, 4) is 0 Å². The molecule has 0 radical (unpaired) electrons. The van der Waals surface area contributed by atoms with Crippen molar-refractivity contribution >= 4 is 11.8 Å². The van der Waals surface area contributed by atoms with E-state index in [9.17, 15) is 9.59 Å². The molecule has 78 valence electrons. The van der Waals surface area contributed by atoms with Crippen molar-refractivity contribution in [3.05, 3.63) is 35.4 Å². The van der Waals surface area contributed by atoms with Gasteiger partial charge in [-0.15, -0.1) is 0 Å². The maximum absolute atomic E-state index is 11.5. The molecule has 1 atom stereocenters. The number of benzene rings is 1. The first-order chi connectivity index (χ1) is 7.18. The molecule has 0 saturated heterocycles. The van der Waals surface area contributed by atoms with Gasteiger partial charge in [-0.05, 0) is 0 Å². The summed E-state index contributed by atoms with van der Waals surface area (Å²) in [6.07, 6.45) is -0.753. The molecule has 1 aliphatic heterocycles. The fraction of sp³-hybridized carbons (Fsp3) is 0.273. The van der Waals surface area contributed by atoms with Gasteiger partial charge in [0.15, 0.2) is 5.78 Å². The third-order valence-electron chi connectivity index (χ3n) is 2.15. The Hall–Kier alpha value is -1.68. The van der Waals surface area contributed by atoms with Crippen LogP contribution in [0.15, 0.2) is 24.3 Å².